The van der Waals surface area contributed by atoms with Crippen LogP contribution < -0.4 is 5.32 Å². The summed E-state index contributed by atoms with van der Waals surface area (Å²) in [6, 6.07) is 6.36. The molecule has 0 amide bonds. The molecular formula is C15H16BrClN2. The number of halogens is 2. The second-order valence-electron chi connectivity index (χ2n) is 4.73. The van der Waals surface area contributed by atoms with E-state index in [-0.39, 0.29) is 0 Å². The van der Waals surface area contributed by atoms with E-state index in [1.807, 2.05) is 6.07 Å². The molecule has 100 valence electrons. The smallest absolute Gasteiger partial charge is 0.143 e. The van der Waals surface area contributed by atoms with Gasteiger partial charge in [0.05, 0.1) is 16.4 Å². The molecule has 1 N–H and O–H groups in total. The molecule has 0 atom stereocenters. The second-order valence-corrected chi connectivity index (χ2v) is 5.94. The summed E-state index contributed by atoms with van der Waals surface area (Å²) in [4.78, 5) is 4.11. The van der Waals surface area contributed by atoms with Crippen molar-refractivity contribution in [1.82, 2.24) is 4.98 Å². The van der Waals surface area contributed by atoms with Crippen LogP contribution in [0.3, 0.4) is 0 Å². The van der Waals surface area contributed by atoms with Gasteiger partial charge in [-0.2, -0.15) is 0 Å². The molecule has 0 aliphatic heterocycles. The van der Waals surface area contributed by atoms with Crippen LogP contribution >= 0.6 is 27.5 Å². The van der Waals surface area contributed by atoms with Crippen LogP contribution in [0.5, 0.6) is 0 Å². The molecule has 19 heavy (non-hydrogen) atoms. The van der Waals surface area contributed by atoms with Gasteiger partial charge >= 0.3 is 0 Å². The van der Waals surface area contributed by atoms with E-state index in [1.54, 1.807) is 6.20 Å². The number of anilines is 1. The normalized spacial score (nSPS) is 10.6. The summed E-state index contributed by atoms with van der Waals surface area (Å²) in [6.07, 6.45) is 1.74. The minimum Gasteiger partial charge on any atom is -0.380 e. The number of pyridine rings is 1. The molecule has 0 saturated heterocycles. The van der Waals surface area contributed by atoms with Gasteiger partial charge in [0.15, 0.2) is 0 Å². The van der Waals surface area contributed by atoms with E-state index in [2.05, 4.69) is 59.1 Å². The molecule has 0 spiro atoms. The predicted molar refractivity (Wildman–Crippen MR) is 84.9 cm³/mol. The number of aryl methyl sites for hydroxylation is 3. The molecule has 0 fully saturated rings. The van der Waals surface area contributed by atoms with Crippen LogP contribution in [0.15, 0.2) is 28.9 Å². The van der Waals surface area contributed by atoms with Crippen LogP contribution in [0, 0.1) is 20.8 Å². The van der Waals surface area contributed by atoms with Gasteiger partial charge in [-0.1, -0.05) is 29.3 Å². The van der Waals surface area contributed by atoms with E-state index < -0.39 is 0 Å². The highest BCUT2D eigenvalue weighted by Crippen LogP contribution is 2.24. The number of nitrogens with one attached hydrogen (secondary N) is 1. The van der Waals surface area contributed by atoms with Crippen LogP contribution in [0.1, 0.15) is 22.3 Å². The maximum Gasteiger partial charge on any atom is 0.143 e. The third kappa shape index (κ3) is 3.48. The monoisotopic (exact) mass is 338 g/mol. The number of hydrogen-bond acceptors (Lipinski definition) is 2. The first kappa shape index (κ1) is 14.4. The van der Waals surface area contributed by atoms with Gasteiger partial charge in [-0.25, -0.2) is 4.98 Å². The second kappa shape index (κ2) is 5.93. The van der Waals surface area contributed by atoms with Crippen molar-refractivity contribution in [2.45, 2.75) is 27.3 Å². The summed E-state index contributed by atoms with van der Waals surface area (Å²) in [7, 11) is 0. The lowest BCUT2D eigenvalue weighted by Crippen LogP contribution is -2.04. The summed E-state index contributed by atoms with van der Waals surface area (Å²) < 4.78 is 0.802. The third-order valence-electron chi connectivity index (χ3n) is 3.11. The highest BCUT2D eigenvalue weighted by molar-refractivity contribution is 9.10. The summed E-state index contributed by atoms with van der Waals surface area (Å²) in [5.41, 5.74) is 6.21. The molecule has 4 heteroatoms. The fraction of sp³-hybridized carbons (Fsp3) is 0.267. The Balaban J connectivity index is 2.16. The number of hydrogen-bond donors (Lipinski definition) is 1. The molecule has 0 aliphatic carbocycles. The minimum absolute atomic E-state index is 0.480. The Labute approximate surface area is 127 Å². The van der Waals surface area contributed by atoms with E-state index in [0.717, 1.165) is 16.7 Å². The summed E-state index contributed by atoms with van der Waals surface area (Å²) >= 11 is 9.26. The van der Waals surface area contributed by atoms with Crippen molar-refractivity contribution in [2.24, 2.45) is 0 Å². The van der Waals surface area contributed by atoms with E-state index in [1.165, 1.54) is 22.3 Å². The predicted octanol–water partition coefficient (Wildman–Crippen LogP) is 5.03. The molecule has 2 aromatic rings. The average molecular weight is 340 g/mol. The largest absolute Gasteiger partial charge is 0.380 e. The average Bonchev–Trinajstić information content (AvgIpc) is 2.32. The van der Waals surface area contributed by atoms with Gasteiger partial charge in [0.25, 0.3) is 0 Å². The Hall–Kier alpha value is -1.06. The van der Waals surface area contributed by atoms with E-state index in [0.29, 0.717) is 5.15 Å². The first-order valence-corrected chi connectivity index (χ1v) is 7.26. The van der Waals surface area contributed by atoms with Crippen LogP contribution in [-0.2, 0) is 6.54 Å². The minimum atomic E-state index is 0.480. The molecule has 0 saturated carbocycles. The van der Waals surface area contributed by atoms with E-state index in [4.69, 9.17) is 11.6 Å². The lowest BCUT2D eigenvalue weighted by atomic mass is 10.00. The van der Waals surface area contributed by atoms with Crippen LogP contribution in [-0.4, -0.2) is 4.98 Å². The quantitative estimate of drug-likeness (QED) is 0.793. The van der Waals surface area contributed by atoms with Gasteiger partial charge in [-0.15, -0.1) is 0 Å². The molecule has 2 nitrogen and oxygen atoms in total. The van der Waals surface area contributed by atoms with Gasteiger partial charge in [0, 0.05) is 6.54 Å². The molecule has 0 radical (unpaired) electrons. The Bertz CT molecular complexity index is 588. The van der Waals surface area contributed by atoms with Gasteiger partial charge in [0.2, 0.25) is 0 Å². The molecule has 1 heterocycles. The molecule has 1 aromatic heterocycles. The fourth-order valence-electron chi connectivity index (χ4n) is 2.20. The summed E-state index contributed by atoms with van der Waals surface area (Å²) in [5, 5.41) is 3.86. The van der Waals surface area contributed by atoms with Gasteiger partial charge < -0.3 is 5.32 Å². The maximum absolute atomic E-state index is 5.88. The fourth-order valence-corrected chi connectivity index (χ4v) is 2.65. The molecule has 0 unspecified atom stereocenters. The first-order chi connectivity index (χ1) is 8.97. The number of benzene rings is 1. The lowest BCUT2D eigenvalue weighted by molar-refractivity contribution is 1.08. The van der Waals surface area contributed by atoms with E-state index >= 15 is 0 Å². The van der Waals surface area contributed by atoms with Gasteiger partial charge in [-0.05, 0) is 59.5 Å². The van der Waals surface area contributed by atoms with Crippen molar-refractivity contribution in [3.05, 3.63) is 56.3 Å². The van der Waals surface area contributed by atoms with Crippen molar-refractivity contribution in [3.8, 4) is 0 Å². The highest BCUT2D eigenvalue weighted by atomic mass is 79.9. The molecule has 0 bridgehead atoms. The van der Waals surface area contributed by atoms with Gasteiger partial charge in [-0.3, -0.25) is 0 Å². The zero-order valence-electron chi connectivity index (χ0n) is 11.2. The zero-order valence-corrected chi connectivity index (χ0v) is 13.6. The van der Waals surface area contributed by atoms with Crippen LogP contribution in [0.4, 0.5) is 5.69 Å². The van der Waals surface area contributed by atoms with Crippen molar-refractivity contribution in [2.75, 3.05) is 5.32 Å². The zero-order chi connectivity index (χ0) is 14.0. The Kier molecular flexibility index (Phi) is 4.48. The molecule has 2 rings (SSSR count). The van der Waals surface area contributed by atoms with Crippen molar-refractivity contribution in [3.63, 3.8) is 0 Å². The van der Waals surface area contributed by atoms with Crippen LogP contribution in [0.25, 0.3) is 0 Å². The maximum atomic E-state index is 5.88. The summed E-state index contributed by atoms with van der Waals surface area (Å²) in [6.45, 7) is 7.20. The standard InChI is InChI=1S/C15H16BrClN2/c1-9-4-10(2)13(11(3)5-9)8-18-12-6-14(16)15(17)19-7-12/h4-7,18H,8H2,1-3H3. The number of rotatable bonds is 3. The molecule has 0 aliphatic rings. The number of nitrogens with zero attached hydrogens (tertiary/aromatic N) is 1. The lowest BCUT2D eigenvalue weighted by Gasteiger charge is -2.13. The van der Waals surface area contributed by atoms with Crippen LogP contribution in [0.2, 0.25) is 5.15 Å². The number of aromatic nitrogens is 1. The molecular weight excluding hydrogens is 324 g/mol. The highest BCUT2D eigenvalue weighted by Gasteiger charge is 2.05. The van der Waals surface area contributed by atoms with Crippen molar-refractivity contribution >= 4 is 33.2 Å². The van der Waals surface area contributed by atoms with Gasteiger partial charge in [0.1, 0.15) is 5.15 Å². The van der Waals surface area contributed by atoms with Crippen molar-refractivity contribution in [1.29, 1.82) is 0 Å². The third-order valence-corrected chi connectivity index (χ3v) is 4.24. The first-order valence-electron chi connectivity index (χ1n) is 6.09. The summed E-state index contributed by atoms with van der Waals surface area (Å²) in [5.74, 6) is 0. The topological polar surface area (TPSA) is 24.9 Å². The SMILES string of the molecule is Cc1cc(C)c(CNc2cnc(Cl)c(Br)c2)c(C)c1. The Morgan fingerprint density at radius 1 is 1.16 bits per heavy atom. The Morgan fingerprint density at radius 2 is 1.79 bits per heavy atom. The Morgan fingerprint density at radius 3 is 2.37 bits per heavy atom. The molecule has 1 aromatic carbocycles. The van der Waals surface area contributed by atoms with Crippen molar-refractivity contribution < 1.29 is 0 Å². The van der Waals surface area contributed by atoms with E-state index in [9.17, 15) is 0 Å².